The van der Waals surface area contributed by atoms with Gasteiger partial charge in [0.05, 0.1) is 22.4 Å². The van der Waals surface area contributed by atoms with Crippen LogP contribution in [0.1, 0.15) is 17.9 Å². The second-order valence-corrected chi connectivity index (χ2v) is 10.9. The molecule has 1 unspecified atom stereocenters. The van der Waals surface area contributed by atoms with E-state index >= 15 is 0 Å². The smallest absolute Gasteiger partial charge is 0.0794 e. The molecule has 0 saturated carbocycles. The van der Waals surface area contributed by atoms with Crippen molar-refractivity contribution in [2.24, 2.45) is 0 Å². The number of hydrogen-bond donors (Lipinski definition) is 0. The Hall–Kier alpha value is -5.34. The summed E-state index contributed by atoms with van der Waals surface area (Å²) in [7, 11) is 0. The highest BCUT2D eigenvalue weighted by atomic mass is 14.7. The zero-order valence-electron chi connectivity index (χ0n) is 23.1. The van der Waals surface area contributed by atoms with Gasteiger partial charge in [0.2, 0.25) is 0 Å². The third kappa shape index (κ3) is 4.20. The van der Waals surface area contributed by atoms with Gasteiger partial charge in [-0.2, -0.15) is 0 Å². The van der Waals surface area contributed by atoms with Crippen LogP contribution < -0.4 is 0 Å². The van der Waals surface area contributed by atoms with E-state index in [0.29, 0.717) is 5.92 Å². The van der Waals surface area contributed by atoms with Gasteiger partial charge in [0, 0.05) is 38.6 Å². The summed E-state index contributed by atoms with van der Waals surface area (Å²) in [6.45, 7) is 0. The molecule has 2 aromatic heterocycles. The van der Waals surface area contributed by atoms with Gasteiger partial charge in [-0.05, 0) is 35.2 Å². The molecule has 0 N–H and O–H groups in total. The monoisotopic (exact) mass is 536 g/mol. The van der Waals surface area contributed by atoms with Crippen LogP contribution in [-0.2, 0) is 0 Å². The third-order valence-electron chi connectivity index (χ3n) is 8.39. The highest BCUT2D eigenvalue weighted by Crippen LogP contribution is 2.40. The molecule has 198 valence electrons. The van der Waals surface area contributed by atoms with Crippen LogP contribution in [0.25, 0.3) is 66.2 Å². The summed E-state index contributed by atoms with van der Waals surface area (Å²) in [5.74, 6) is 0.313. The molecule has 8 rings (SSSR count). The fourth-order valence-corrected chi connectivity index (χ4v) is 6.30. The minimum absolute atomic E-state index is 0.313. The standard InChI is InChI=1S/C40H28N2/c1-5-13-27(14-6-1)35-25-37(29-17-9-3-10-18-29)41-39-31-22-24-34-36(28-15-7-2-8-16-28)26-38(30-19-11-4-12-20-30)42-40(34)32(31)21-23-33(35)39/h1-15,17-26,28H,16H2. The van der Waals surface area contributed by atoms with Gasteiger partial charge in [-0.3, -0.25) is 0 Å². The second kappa shape index (κ2) is 10.2. The van der Waals surface area contributed by atoms with Crippen LogP contribution in [0, 0.1) is 0 Å². The van der Waals surface area contributed by atoms with E-state index in [1.54, 1.807) is 0 Å². The molecule has 2 nitrogen and oxygen atoms in total. The first-order valence-electron chi connectivity index (χ1n) is 14.5. The first-order chi connectivity index (χ1) is 20.8. The molecule has 42 heavy (non-hydrogen) atoms. The van der Waals surface area contributed by atoms with Gasteiger partial charge in [-0.15, -0.1) is 0 Å². The van der Waals surface area contributed by atoms with Gasteiger partial charge < -0.3 is 0 Å². The van der Waals surface area contributed by atoms with Crippen LogP contribution in [0.3, 0.4) is 0 Å². The molecule has 0 radical (unpaired) electrons. The van der Waals surface area contributed by atoms with Crippen LogP contribution in [-0.4, -0.2) is 9.97 Å². The van der Waals surface area contributed by atoms with Gasteiger partial charge in [0.1, 0.15) is 0 Å². The molecule has 1 aliphatic rings. The maximum atomic E-state index is 5.33. The minimum Gasteiger partial charge on any atom is -0.247 e. The quantitative estimate of drug-likeness (QED) is 0.209. The molecule has 5 aromatic carbocycles. The largest absolute Gasteiger partial charge is 0.247 e. The van der Waals surface area contributed by atoms with E-state index in [-0.39, 0.29) is 0 Å². The van der Waals surface area contributed by atoms with E-state index in [0.717, 1.165) is 56.1 Å². The van der Waals surface area contributed by atoms with Crippen molar-refractivity contribution in [3.63, 3.8) is 0 Å². The highest BCUT2D eigenvalue weighted by Gasteiger charge is 2.19. The van der Waals surface area contributed by atoms with E-state index < -0.39 is 0 Å². The van der Waals surface area contributed by atoms with Crippen LogP contribution in [0.2, 0.25) is 0 Å². The summed E-state index contributed by atoms with van der Waals surface area (Å²) < 4.78 is 0. The maximum Gasteiger partial charge on any atom is 0.0794 e. The van der Waals surface area contributed by atoms with E-state index in [4.69, 9.17) is 9.97 Å². The lowest BCUT2D eigenvalue weighted by molar-refractivity contribution is 0.861. The number of benzene rings is 5. The lowest BCUT2D eigenvalue weighted by Crippen LogP contribution is -2.01. The number of aromatic nitrogens is 2. The van der Waals surface area contributed by atoms with E-state index in [2.05, 4.69) is 152 Å². The molecule has 0 aliphatic heterocycles. The topological polar surface area (TPSA) is 25.8 Å². The first-order valence-corrected chi connectivity index (χ1v) is 14.5. The summed E-state index contributed by atoms with van der Waals surface area (Å²) >= 11 is 0. The Morgan fingerprint density at radius 1 is 0.476 bits per heavy atom. The van der Waals surface area contributed by atoms with Crippen molar-refractivity contribution in [2.75, 3.05) is 0 Å². The van der Waals surface area contributed by atoms with Gasteiger partial charge in [-0.25, -0.2) is 9.97 Å². The molecule has 0 bridgehead atoms. The predicted octanol–water partition coefficient (Wildman–Crippen LogP) is 10.5. The van der Waals surface area contributed by atoms with Crippen molar-refractivity contribution in [1.82, 2.24) is 9.97 Å². The summed E-state index contributed by atoms with van der Waals surface area (Å²) in [4.78, 5) is 10.6. The van der Waals surface area contributed by atoms with E-state index in [1.807, 2.05) is 0 Å². The van der Waals surface area contributed by atoms with Gasteiger partial charge in [0.15, 0.2) is 0 Å². The zero-order chi connectivity index (χ0) is 27.9. The van der Waals surface area contributed by atoms with Gasteiger partial charge in [-0.1, -0.05) is 140 Å². The fraction of sp³-hybridized carbons (Fsp3) is 0.0500. The SMILES string of the molecule is C1=CCC(c2cc(-c3ccccc3)nc3c2ccc2c3ccc3c(-c4ccccc4)cc(-c4ccccc4)nc32)C=C1. The van der Waals surface area contributed by atoms with Crippen molar-refractivity contribution in [2.45, 2.75) is 12.3 Å². The average molecular weight is 537 g/mol. The number of allylic oxidation sites excluding steroid dienone is 4. The van der Waals surface area contributed by atoms with Crippen LogP contribution >= 0.6 is 0 Å². The normalized spacial score (nSPS) is 14.6. The number of hydrogen-bond acceptors (Lipinski definition) is 2. The van der Waals surface area contributed by atoms with Crippen LogP contribution in [0.15, 0.2) is 152 Å². The van der Waals surface area contributed by atoms with E-state index in [1.165, 1.54) is 22.1 Å². The first kappa shape index (κ1) is 24.5. The zero-order valence-corrected chi connectivity index (χ0v) is 23.1. The van der Waals surface area contributed by atoms with Crippen molar-refractivity contribution in [1.29, 1.82) is 0 Å². The van der Waals surface area contributed by atoms with E-state index in [9.17, 15) is 0 Å². The molecule has 1 atom stereocenters. The Kier molecular flexibility index (Phi) is 5.97. The molecule has 1 aliphatic carbocycles. The van der Waals surface area contributed by atoms with Crippen LogP contribution in [0.5, 0.6) is 0 Å². The highest BCUT2D eigenvalue weighted by molar-refractivity contribution is 6.18. The number of nitrogens with zero attached hydrogens (tertiary/aromatic N) is 2. The van der Waals surface area contributed by atoms with Crippen molar-refractivity contribution in [3.05, 3.63) is 157 Å². The Labute approximate surface area is 245 Å². The molecular weight excluding hydrogens is 508 g/mol. The summed E-state index contributed by atoms with van der Waals surface area (Å²) in [5.41, 5.74) is 9.94. The molecule has 2 heteroatoms. The second-order valence-electron chi connectivity index (χ2n) is 10.9. The Balaban J connectivity index is 1.45. The summed E-state index contributed by atoms with van der Waals surface area (Å²) in [6, 6.07) is 45.1. The fourth-order valence-electron chi connectivity index (χ4n) is 6.30. The molecule has 2 heterocycles. The number of rotatable bonds is 4. The summed E-state index contributed by atoms with van der Waals surface area (Å²) in [6.07, 6.45) is 9.86. The van der Waals surface area contributed by atoms with Crippen molar-refractivity contribution in [3.8, 4) is 33.6 Å². The molecular formula is C40H28N2. The lowest BCUT2D eigenvalue weighted by atomic mass is 9.87. The molecule has 0 amide bonds. The Morgan fingerprint density at radius 3 is 1.60 bits per heavy atom. The lowest BCUT2D eigenvalue weighted by Gasteiger charge is -2.19. The van der Waals surface area contributed by atoms with Crippen LogP contribution in [0.4, 0.5) is 0 Å². The third-order valence-corrected chi connectivity index (χ3v) is 8.39. The number of fused-ring (bicyclic) bond motifs is 5. The molecule has 7 aromatic rings. The van der Waals surface area contributed by atoms with Crippen molar-refractivity contribution < 1.29 is 0 Å². The Morgan fingerprint density at radius 2 is 1.00 bits per heavy atom. The molecule has 0 saturated heterocycles. The number of pyridine rings is 2. The maximum absolute atomic E-state index is 5.33. The Bertz CT molecular complexity index is 2140. The van der Waals surface area contributed by atoms with Gasteiger partial charge in [0.25, 0.3) is 0 Å². The minimum atomic E-state index is 0.313. The predicted molar refractivity (Wildman–Crippen MR) is 176 cm³/mol. The summed E-state index contributed by atoms with van der Waals surface area (Å²) in [5, 5.41) is 4.60. The average Bonchev–Trinajstić information content (AvgIpc) is 3.08. The van der Waals surface area contributed by atoms with Crippen molar-refractivity contribution >= 4 is 32.6 Å². The van der Waals surface area contributed by atoms with Gasteiger partial charge >= 0.3 is 0 Å². The molecule has 0 fully saturated rings. The molecule has 0 spiro atoms.